The van der Waals surface area contributed by atoms with Crippen molar-refractivity contribution in [2.24, 2.45) is 0 Å². The Morgan fingerprint density at radius 2 is 1.10 bits per heavy atom. The summed E-state index contributed by atoms with van der Waals surface area (Å²) in [5, 5.41) is 22.5. The minimum Gasteiger partial charge on any atom is -0.469 e. The van der Waals surface area contributed by atoms with E-state index in [2.05, 4.69) is 21.3 Å². The molecule has 5 N–H and O–H groups in total. The van der Waals surface area contributed by atoms with Crippen molar-refractivity contribution in [1.29, 1.82) is 0 Å². The molecule has 0 spiro atoms. The van der Waals surface area contributed by atoms with Gasteiger partial charge in [0.25, 0.3) is 0 Å². The smallest absolute Gasteiger partial charge is 0.407 e. The molecule has 0 saturated heterocycles. The Labute approximate surface area is 304 Å². The number of amides is 3. The third kappa shape index (κ3) is 14.5. The van der Waals surface area contributed by atoms with Crippen LogP contribution in [0.3, 0.4) is 0 Å². The molecule has 0 saturated carbocycles. The minimum atomic E-state index is -1.42. The maximum Gasteiger partial charge on any atom is 0.407 e. The van der Waals surface area contributed by atoms with Crippen LogP contribution in [0, 0.1) is 0 Å². The zero-order valence-electron chi connectivity index (χ0n) is 30.3. The van der Waals surface area contributed by atoms with Crippen molar-refractivity contribution >= 4 is 29.8 Å². The Hall–Kier alpha value is -5.27. The van der Waals surface area contributed by atoms with Gasteiger partial charge >= 0.3 is 18.0 Å². The quantitative estimate of drug-likeness (QED) is 0.0969. The maximum atomic E-state index is 13.9. The SMILES string of the molecule is COC(=O)C[C@H](NC(=O)[C@H](Cc1ccccc1)NCC(O)[C@H](Cc1ccccc1)NC(=O)OC(C)(C)C)C(=O)N[C@@H](Cc1ccccc1)C(=O)OC. The lowest BCUT2D eigenvalue weighted by atomic mass is 10.00. The molecule has 0 aromatic heterocycles. The number of aliphatic hydroxyl groups excluding tert-OH is 1. The number of benzene rings is 3. The molecule has 0 radical (unpaired) electrons. The lowest BCUT2D eigenvalue weighted by molar-refractivity contribution is -0.146. The van der Waals surface area contributed by atoms with Crippen LogP contribution in [0.4, 0.5) is 4.79 Å². The second kappa shape index (κ2) is 20.5. The Bertz CT molecular complexity index is 1580. The van der Waals surface area contributed by atoms with Gasteiger partial charge in [0.2, 0.25) is 11.8 Å². The number of ether oxygens (including phenoxy) is 3. The highest BCUT2D eigenvalue weighted by atomic mass is 16.6. The van der Waals surface area contributed by atoms with E-state index in [9.17, 15) is 29.1 Å². The van der Waals surface area contributed by atoms with Crippen LogP contribution >= 0.6 is 0 Å². The summed E-state index contributed by atoms with van der Waals surface area (Å²) in [6, 6.07) is 23.0. The molecule has 280 valence electrons. The van der Waals surface area contributed by atoms with Gasteiger partial charge in [-0.2, -0.15) is 0 Å². The van der Waals surface area contributed by atoms with E-state index in [1.54, 1.807) is 45.0 Å². The largest absolute Gasteiger partial charge is 0.469 e. The van der Waals surface area contributed by atoms with Crippen LogP contribution in [0.1, 0.15) is 43.9 Å². The van der Waals surface area contributed by atoms with Gasteiger partial charge in [-0.15, -0.1) is 0 Å². The molecule has 0 aliphatic rings. The van der Waals surface area contributed by atoms with Crippen LogP contribution in [0.15, 0.2) is 91.0 Å². The molecule has 3 rings (SSSR count). The van der Waals surface area contributed by atoms with Crippen molar-refractivity contribution in [3.63, 3.8) is 0 Å². The third-order valence-corrected chi connectivity index (χ3v) is 7.95. The summed E-state index contributed by atoms with van der Waals surface area (Å²) in [5.74, 6) is -2.92. The average molecular weight is 719 g/mol. The fourth-order valence-corrected chi connectivity index (χ4v) is 5.31. The normalized spacial score (nSPS) is 14.0. The van der Waals surface area contributed by atoms with E-state index in [1.807, 2.05) is 66.7 Å². The highest BCUT2D eigenvalue weighted by Gasteiger charge is 2.32. The van der Waals surface area contributed by atoms with Crippen LogP contribution in [-0.4, -0.2) is 91.6 Å². The number of carbonyl (C=O) groups excluding carboxylic acids is 5. The number of nitrogens with one attached hydrogen (secondary N) is 4. The number of hydrogen-bond donors (Lipinski definition) is 5. The number of aliphatic hydroxyl groups is 1. The number of methoxy groups -OCH3 is 2. The Kier molecular flexibility index (Phi) is 16.3. The number of hydrogen-bond acceptors (Lipinski definition) is 10. The molecule has 1 unspecified atom stereocenters. The van der Waals surface area contributed by atoms with Crippen LogP contribution in [-0.2, 0) is 52.7 Å². The van der Waals surface area contributed by atoms with E-state index in [0.717, 1.165) is 23.8 Å². The van der Waals surface area contributed by atoms with Gasteiger partial charge in [-0.05, 0) is 50.3 Å². The number of esters is 2. The van der Waals surface area contributed by atoms with E-state index in [-0.39, 0.29) is 25.8 Å². The first kappa shape index (κ1) is 41.2. The first-order valence-corrected chi connectivity index (χ1v) is 17.1. The summed E-state index contributed by atoms with van der Waals surface area (Å²) in [7, 11) is 2.35. The van der Waals surface area contributed by atoms with E-state index < -0.39 is 72.1 Å². The van der Waals surface area contributed by atoms with Crippen molar-refractivity contribution in [1.82, 2.24) is 21.3 Å². The molecule has 52 heavy (non-hydrogen) atoms. The molecular formula is C39H50N4O9. The standard InChI is InChI=1S/C39H50N4O9/c1-39(2,3)52-38(49)43-29(21-26-15-9-6-10-16-26)33(44)25-40-30(22-27-17-11-7-12-18-27)35(46)41-31(24-34(45)50-4)36(47)42-32(37(48)51-5)23-28-19-13-8-14-20-28/h6-20,29-33,40,44H,21-25H2,1-5H3,(H,41,46)(H,42,47)(H,43,49)/t29-,30-,31-,32-,33?/m0/s1. The number of carbonyl (C=O) groups is 5. The van der Waals surface area contributed by atoms with Gasteiger partial charge in [0.05, 0.1) is 38.8 Å². The fraction of sp³-hybridized carbons (Fsp3) is 0.410. The second-order valence-electron chi connectivity index (χ2n) is 13.3. The molecule has 0 fully saturated rings. The molecule has 0 heterocycles. The third-order valence-electron chi connectivity index (χ3n) is 7.95. The predicted molar refractivity (Wildman–Crippen MR) is 194 cm³/mol. The topological polar surface area (TPSA) is 181 Å². The van der Waals surface area contributed by atoms with Gasteiger partial charge in [-0.25, -0.2) is 9.59 Å². The summed E-state index contributed by atoms with van der Waals surface area (Å²) in [4.78, 5) is 65.4. The second-order valence-corrected chi connectivity index (χ2v) is 13.3. The highest BCUT2D eigenvalue weighted by molar-refractivity contribution is 5.94. The Balaban J connectivity index is 1.83. The van der Waals surface area contributed by atoms with Crippen LogP contribution in [0.25, 0.3) is 0 Å². The number of alkyl carbamates (subject to hydrolysis) is 1. The number of rotatable bonds is 18. The van der Waals surface area contributed by atoms with Crippen LogP contribution in [0.5, 0.6) is 0 Å². The van der Waals surface area contributed by atoms with Gasteiger partial charge in [0, 0.05) is 13.0 Å². The summed E-state index contributed by atoms with van der Waals surface area (Å²) in [6.45, 7) is 5.05. The van der Waals surface area contributed by atoms with Crippen LogP contribution in [0.2, 0.25) is 0 Å². The first-order valence-electron chi connectivity index (χ1n) is 17.1. The summed E-state index contributed by atoms with van der Waals surface area (Å²) in [6.07, 6.45) is -1.90. The maximum absolute atomic E-state index is 13.9. The zero-order valence-corrected chi connectivity index (χ0v) is 30.3. The lowest BCUT2D eigenvalue weighted by Gasteiger charge is -2.29. The van der Waals surface area contributed by atoms with Crippen LogP contribution < -0.4 is 21.3 Å². The molecule has 0 aliphatic heterocycles. The molecule has 3 amide bonds. The summed E-state index contributed by atoms with van der Waals surface area (Å²) >= 11 is 0. The Morgan fingerprint density at radius 1 is 0.635 bits per heavy atom. The molecular weight excluding hydrogens is 668 g/mol. The molecule has 13 heteroatoms. The van der Waals surface area contributed by atoms with Gasteiger partial charge in [-0.1, -0.05) is 91.0 Å². The van der Waals surface area contributed by atoms with Gasteiger partial charge in [0.1, 0.15) is 17.7 Å². The fourth-order valence-electron chi connectivity index (χ4n) is 5.31. The van der Waals surface area contributed by atoms with Gasteiger partial charge < -0.3 is 40.6 Å². The van der Waals surface area contributed by atoms with E-state index >= 15 is 0 Å². The van der Waals surface area contributed by atoms with E-state index in [0.29, 0.717) is 0 Å². The highest BCUT2D eigenvalue weighted by Crippen LogP contribution is 2.12. The zero-order chi connectivity index (χ0) is 38.1. The molecule has 0 bridgehead atoms. The van der Waals surface area contributed by atoms with Crippen molar-refractivity contribution in [3.05, 3.63) is 108 Å². The van der Waals surface area contributed by atoms with Gasteiger partial charge in [-0.3, -0.25) is 14.4 Å². The summed E-state index contributed by atoms with van der Waals surface area (Å²) < 4.78 is 15.1. The van der Waals surface area contributed by atoms with Crippen molar-refractivity contribution in [2.75, 3.05) is 20.8 Å². The lowest BCUT2D eigenvalue weighted by Crippen LogP contribution is -2.58. The summed E-state index contributed by atoms with van der Waals surface area (Å²) in [5.41, 5.74) is 1.62. The molecule has 3 aromatic rings. The molecule has 5 atom stereocenters. The predicted octanol–water partition coefficient (Wildman–Crippen LogP) is 2.63. The van der Waals surface area contributed by atoms with Crippen molar-refractivity contribution < 1.29 is 43.3 Å². The van der Waals surface area contributed by atoms with Gasteiger partial charge in [0.15, 0.2) is 0 Å². The molecule has 0 aliphatic carbocycles. The monoisotopic (exact) mass is 718 g/mol. The Morgan fingerprint density at radius 3 is 1.58 bits per heavy atom. The first-order chi connectivity index (χ1) is 24.8. The minimum absolute atomic E-state index is 0.107. The van der Waals surface area contributed by atoms with Crippen molar-refractivity contribution in [2.45, 2.75) is 82.3 Å². The molecule has 13 nitrogen and oxygen atoms in total. The van der Waals surface area contributed by atoms with E-state index in [1.165, 1.54) is 7.11 Å². The average Bonchev–Trinajstić information content (AvgIpc) is 3.12. The molecule has 3 aromatic carbocycles. The van der Waals surface area contributed by atoms with Crippen molar-refractivity contribution in [3.8, 4) is 0 Å². The van der Waals surface area contributed by atoms with E-state index in [4.69, 9.17) is 14.2 Å².